The van der Waals surface area contributed by atoms with Crippen LogP contribution in [0.3, 0.4) is 0 Å². The fourth-order valence-corrected chi connectivity index (χ4v) is 3.80. The molecule has 0 amide bonds. The number of ether oxygens (including phenoxy) is 1. The molecule has 3 N–H and O–H groups in total. The van der Waals surface area contributed by atoms with Crippen molar-refractivity contribution in [1.29, 1.82) is 0 Å². The third-order valence-corrected chi connectivity index (χ3v) is 5.44. The minimum absolute atomic E-state index is 0.0900. The van der Waals surface area contributed by atoms with E-state index in [4.69, 9.17) is 15.6 Å². The first kappa shape index (κ1) is 20.8. The molecule has 31 heavy (non-hydrogen) atoms. The number of carboxylic acids is 1. The maximum atomic E-state index is 10.9. The molecule has 6 heteroatoms. The van der Waals surface area contributed by atoms with Crippen molar-refractivity contribution in [3.8, 4) is 0 Å². The Morgan fingerprint density at radius 1 is 0.935 bits per heavy atom. The number of pyridine rings is 2. The number of nitrogens with two attached hydrogens (primary N) is 1. The number of nitrogen functional groups attached to an aromatic ring is 1. The topological polar surface area (TPSA) is 98.3 Å². The van der Waals surface area contributed by atoms with Gasteiger partial charge in [0.1, 0.15) is 5.52 Å². The molecule has 4 aromatic rings. The van der Waals surface area contributed by atoms with Gasteiger partial charge in [0.2, 0.25) is 0 Å². The zero-order valence-corrected chi connectivity index (χ0v) is 17.5. The quantitative estimate of drug-likeness (QED) is 0.416. The van der Waals surface area contributed by atoms with Crippen LogP contribution in [0.25, 0.3) is 21.8 Å². The van der Waals surface area contributed by atoms with Crippen molar-refractivity contribution in [2.45, 2.75) is 32.3 Å². The molecule has 0 atom stereocenters. The smallest absolute Gasteiger partial charge is 0.303 e. The number of hydrogen-bond donors (Lipinski definition) is 2. The van der Waals surface area contributed by atoms with Crippen molar-refractivity contribution >= 4 is 33.6 Å². The molecule has 2 aromatic heterocycles. The van der Waals surface area contributed by atoms with Gasteiger partial charge in [-0.3, -0.25) is 9.78 Å². The Bertz CT molecular complexity index is 1240. The van der Waals surface area contributed by atoms with E-state index in [1.807, 2.05) is 24.4 Å². The first-order chi connectivity index (χ1) is 15.0. The molecular weight excluding hydrogens is 390 g/mol. The zero-order valence-electron chi connectivity index (χ0n) is 17.5. The standard InChI is InChI=1S/C25H25N3O3/c1-31-15-18-5-2-16(3-6-18)4-7-19-12-21-20-10-8-17(9-11-23(29)30)13-22(20)28-25(26)24(21)27-14-19/h2-3,5-6,8,10,12-14H,4,7,9,11,15H2,1H3,(H2,26,28)(H,29,30). The summed E-state index contributed by atoms with van der Waals surface area (Å²) >= 11 is 0. The molecule has 0 spiro atoms. The maximum Gasteiger partial charge on any atom is 0.303 e. The molecule has 0 aliphatic heterocycles. The average Bonchev–Trinajstić information content (AvgIpc) is 2.77. The Labute approximate surface area is 180 Å². The lowest BCUT2D eigenvalue weighted by molar-refractivity contribution is -0.136. The summed E-state index contributed by atoms with van der Waals surface area (Å²) in [6.45, 7) is 0.620. The number of methoxy groups -OCH3 is 1. The Morgan fingerprint density at radius 3 is 2.39 bits per heavy atom. The molecule has 0 fully saturated rings. The van der Waals surface area contributed by atoms with Crippen LogP contribution in [0.4, 0.5) is 5.82 Å². The van der Waals surface area contributed by atoms with Gasteiger partial charge >= 0.3 is 5.97 Å². The van der Waals surface area contributed by atoms with Gasteiger partial charge in [-0.1, -0.05) is 36.4 Å². The van der Waals surface area contributed by atoms with Crippen LogP contribution < -0.4 is 5.73 Å². The molecule has 2 aromatic carbocycles. The molecule has 6 nitrogen and oxygen atoms in total. The highest BCUT2D eigenvalue weighted by Crippen LogP contribution is 2.28. The van der Waals surface area contributed by atoms with E-state index in [2.05, 4.69) is 40.3 Å². The van der Waals surface area contributed by atoms with E-state index in [-0.39, 0.29) is 6.42 Å². The van der Waals surface area contributed by atoms with Crippen molar-refractivity contribution in [3.05, 3.63) is 77.0 Å². The SMILES string of the molecule is COCc1ccc(CCc2cnc3c(N)nc4cc(CCC(=O)O)ccc4c3c2)cc1. The number of nitrogens with zero attached hydrogens (tertiary/aromatic N) is 2. The van der Waals surface area contributed by atoms with Crippen LogP contribution in [0.2, 0.25) is 0 Å². The van der Waals surface area contributed by atoms with Gasteiger partial charge in [0.15, 0.2) is 5.82 Å². The number of hydrogen-bond acceptors (Lipinski definition) is 5. The predicted molar refractivity (Wildman–Crippen MR) is 122 cm³/mol. The molecule has 0 unspecified atom stereocenters. The van der Waals surface area contributed by atoms with Crippen LogP contribution in [-0.4, -0.2) is 28.2 Å². The molecular formula is C25H25N3O3. The number of aliphatic carboxylic acids is 1. The summed E-state index contributed by atoms with van der Waals surface area (Å²) < 4.78 is 5.16. The number of anilines is 1. The lowest BCUT2D eigenvalue weighted by Crippen LogP contribution is -2.00. The molecule has 4 rings (SSSR count). The highest BCUT2D eigenvalue weighted by atomic mass is 16.5. The average molecular weight is 415 g/mol. The Morgan fingerprint density at radius 2 is 1.65 bits per heavy atom. The Balaban J connectivity index is 1.60. The number of benzene rings is 2. The monoisotopic (exact) mass is 415 g/mol. The summed E-state index contributed by atoms with van der Waals surface area (Å²) in [5.41, 5.74) is 12.1. The van der Waals surface area contributed by atoms with Crippen LogP contribution in [0.1, 0.15) is 28.7 Å². The summed E-state index contributed by atoms with van der Waals surface area (Å²) in [7, 11) is 1.70. The molecule has 0 bridgehead atoms. The summed E-state index contributed by atoms with van der Waals surface area (Å²) in [4.78, 5) is 19.9. The molecule has 0 saturated heterocycles. The van der Waals surface area contributed by atoms with Crippen LogP contribution >= 0.6 is 0 Å². The fourth-order valence-electron chi connectivity index (χ4n) is 3.80. The third-order valence-electron chi connectivity index (χ3n) is 5.44. The number of aromatic nitrogens is 2. The molecule has 0 aliphatic rings. The second-order valence-electron chi connectivity index (χ2n) is 7.73. The summed E-state index contributed by atoms with van der Waals surface area (Å²) in [6.07, 6.45) is 4.21. The van der Waals surface area contributed by atoms with Crippen molar-refractivity contribution in [3.63, 3.8) is 0 Å². The molecule has 0 aliphatic carbocycles. The van der Waals surface area contributed by atoms with Crippen LogP contribution in [0.15, 0.2) is 54.7 Å². The first-order valence-electron chi connectivity index (χ1n) is 10.3. The second kappa shape index (κ2) is 9.10. The van der Waals surface area contributed by atoms with Gasteiger partial charge < -0.3 is 15.6 Å². The molecule has 0 radical (unpaired) electrons. The number of carbonyl (C=O) groups is 1. The Hall–Kier alpha value is -3.51. The van der Waals surface area contributed by atoms with Gasteiger partial charge in [0, 0.05) is 30.5 Å². The Kier molecular flexibility index (Phi) is 6.09. The van der Waals surface area contributed by atoms with Gasteiger partial charge in [-0.2, -0.15) is 0 Å². The predicted octanol–water partition coefficient (Wildman–Crippen LogP) is 4.31. The lowest BCUT2D eigenvalue weighted by atomic mass is 10.0. The first-order valence-corrected chi connectivity index (χ1v) is 10.3. The highest BCUT2D eigenvalue weighted by molar-refractivity contribution is 6.08. The number of aryl methyl sites for hydroxylation is 3. The van der Waals surface area contributed by atoms with E-state index in [9.17, 15) is 4.79 Å². The third kappa shape index (κ3) is 4.81. The van der Waals surface area contributed by atoms with E-state index in [0.29, 0.717) is 24.4 Å². The van der Waals surface area contributed by atoms with Crippen molar-refractivity contribution < 1.29 is 14.6 Å². The summed E-state index contributed by atoms with van der Waals surface area (Å²) in [5, 5.41) is 10.9. The number of rotatable bonds is 8. The molecule has 2 heterocycles. The number of carboxylic acid groups (broad SMARTS) is 1. The summed E-state index contributed by atoms with van der Waals surface area (Å²) in [5.74, 6) is -0.425. The van der Waals surface area contributed by atoms with Gasteiger partial charge in [-0.25, -0.2) is 4.98 Å². The van der Waals surface area contributed by atoms with Crippen LogP contribution in [0, 0.1) is 0 Å². The maximum absolute atomic E-state index is 10.9. The normalized spacial score (nSPS) is 11.3. The second-order valence-corrected chi connectivity index (χ2v) is 7.73. The largest absolute Gasteiger partial charge is 0.481 e. The minimum atomic E-state index is -0.812. The van der Waals surface area contributed by atoms with Crippen LogP contribution in [0.5, 0.6) is 0 Å². The fraction of sp³-hybridized carbons (Fsp3) is 0.240. The van der Waals surface area contributed by atoms with E-state index < -0.39 is 5.97 Å². The zero-order chi connectivity index (χ0) is 21.8. The van der Waals surface area contributed by atoms with Gasteiger partial charge in [0.05, 0.1) is 12.1 Å². The lowest BCUT2D eigenvalue weighted by Gasteiger charge is -2.10. The molecule has 158 valence electrons. The van der Waals surface area contributed by atoms with Crippen LogP contribution in [-0.2, 0) is 35.4 Å². The van der Waals surface area contributed by atoms with Crippen molar-refractivity contribution in [2.24, 2.45) is 0 Å². The van der Waals surface area contributed by atoms with Gasteiger partial charge in [0.25, 0.3) is 0 Å². The summed E-state index contributed by atoms with van der Waals surface area (Å²) in [6, 6.07) is 16.5. The van der Waals surface area contributed by atoms with E-state index >= 15 is 0 Å². The van der Waals surface area contributed by atoms with E-state index in [1.165, 1.54) is 5.56 Å². The van der Waals surface area contributed by atoms with Gasteiger partial charge in [-0.15, -0.1) is 0 Å². The number of fused-ring (bicyclic) bond motifs is 3. The van der Waals surface area contributed by atoms with E-state index in [1.54, 1.807) is 7.11 Å². The van der Waals surface area contributed by atoms with Gasteiger partial charge in [-0.05, 0) is 53.6 Å². The van der Waals surface area contributed by atoms with Crippen molar-refractivity contribution in [2.75, 3.05) is 12.8 Å². The molecule has 0 saturated carbocycles. The highest BCUT2D eigenvalue weighted by Gasteiger charge is 2.10. The minimum Gasteiger partial charge on any atom is -0.481 e. The van der Waals surface area contributed by atoms with E-state index in [0.717, 1.165) is 45.8 Å². The van der Waals surface area contributed by atoms with Crippen molar-refractivity contribution in [1.82, 2.24) is 9.97 Å².